The van der Waals surface area contributed by atoms with Crippen LogP contribution in [0.1, 0.15) is 51.0 Å². The Labute approximate surface area is 176 Å². The second-order valence-electron chi connectivity index (χ2n) is 6.17. The van der Waals surface area contributed by atoms with E-state index in [2.05, 4.69) is 22.9 Å². The third-order valence-corrected chi connectivity index (χ3v) is 4.57. The molecule has 1 aromatic carbocycles. The Morgan fingerprint density at radius 3 is 2.46 bits per heavy atom. The van der Waals surface area contributed by atoms with Gasteiger partial charge in [0.2, 0.25) is 9.70 Å². The van der Waals surface area contributed by atoms with Gasteiger partial charge in [-0.15, -0.1) is 0 Å². The van der Waals surface area contributed by atoms with E-state index in [9.17, 15) is 4.79 Å². The number of thiocarbonyl (C=S) groups is 1. The first-order chi connectivity index (χ1) is 12.2. The van der Waals surface area contributed by atoms with Gasteiger partial charge in [0.15, 0.2) is 5.11 Å². The number of aryl methyl sites for hydroxylation is 1. The number of rotatable bonds is 9. The van der Waals surface area contributed by atoms with E-state index in [1.165, 1.54) is 6.42 Å². The predicted molar refractivity (Wildman–Crippen MR) is 116 cm³/mol. The lowest BCUT2D eigenvalue weighted by atomic mass is 10.1. The number of hydrogen-bond donors (Lipinski definition) is 3. The Bertz CT molecular complexity index is 593. The summed E-state index contributed by atoms with van der Waals surface area (Å²) >= 11 is 23.2. The van der Waals surface area contributed by atoms with Crippen LogP contribution >= 0.6 is 47.0 Å². The smallest absolute Gasteiger partial charge is 0.228 e. The van der Waals surface area contributed by atoms with Gasteiger partial charge in [0, 0.05) is 12.1 Å². The molecule has 146 valence electrons. The monoisotopic (exact) mass is 437 g/mol. The van der Waals surface area contributed by atoms with Gasteiger partial charge in [-0.3, -0.25) is 4.79 Å². The van der Waals surface area contributed by atoms with Crippen molar-refractivity contribution in [2.45, 2.75) is 62.3 Å². The first-order valence-electron chi connectivity index (χ1n) is 8.72. The van der Waals surface area contributed by atoms with E-state index < -0.39 is 9.96 Å². The van der Waals surface area contributed by atoms with Gasteiger partial charge < -0.3 is 16.0 Å². The minimum absolute atomic E-state index is 0.177. The van der Waals surface area contributed by atoms with Gasteiger partial charge in [-0.05, 0) is 43.3 Å². The summed E-state index contributed by atoms with van der Waals surface area (Å²) in [5, 5.41) is 8.84. The normalized spacial score (nSPS) is 12.3. The van der Waals surface area contributed by atoms with Crippen LogP contribution in [0, 0.1) is 6.92 Å². The van der Waals surface area contributed by atoms with Gasteiger partial charge in [0.1, 0.15) is 6.17 Å². The second-order valence-corrected chi connectivity index (χ2v) is 8.95. The van der Waals surface area contributed by atoms with Crippen molar-refractivity contribution < 1.29 is 4.79 Å². The SMILES string of the molecule is CCCCCCCC(=O)N[C@@H](NC(=S)Nc1cccc(C)c1)C(Cl)(Cl)Cl. The van der Waals surface area contributed by atoms with Crippen LogP contribution in [0.3, 0.4) is 0 Å². The maximum absolute atomic E-state index is 12.1. The summed E-state index contributed by atoms with van der Waals surface area (Å²) in [5.74, 6) is -0.177. The van der Waals surface area contributed by atoms with E-state index in [0.717, 1.165) is 36.9 Å². The molecule has 0 aromatic heterocycles. The van der Waals surface area contributed by atoms with Crippen molar-refractivity contribution in [3.63, 3.8) is 0 Å². The van der Waals surface area contributed by atoms with Gasteiger partial charge in [-0.2, -0.15) is 0 Å². The number of halogens is 3. The zero-order valence-electron chi connectivity index (χ0n) is 15.1. The van der Waals surface area contributed by atoms with Crippen LogP contribution in [0.2, 0.25) is 0 Å². The molecule has 26 heavy (non-hydrogen) atoms. The van der Waals surface area contributed by atoms with Crippen LogP contribution in [0.15, 0.2) is 24.3 Å². The number of carbonyl (C=O) groups is 1. The first-order valence-corrected chi connectivity index (χ1v) is 10.3. The van der Waals surface area contributed by atoms with Gasteiger partial charge in [0.25, 0.3) is 0 Å². The van der Waals surface area contributed by atoms with E-state index in [-0.39, 0.29) is 11.0 Å². The van der Waals surface area contributed by atoms with Gasteiger partial charge in [-0.25, -0.2) is 0 Å². The first kappa shape index (κ1) is 23.3. The lowest BCUT2D eigenvalue weighted by molar-refractivity contribution is -0.122. The Balaban J connectivity index is 2.53. The van der Waals surface area contributed by atoms with Crippen LogP contribution in [0.25, 0.3) is 0 Å². The molecule has 4 nitrogen and oxygen atoms in total. The lowest BCUT2D eigenvalue weighted by Crippen LogP contribution is -2.56. The molecule has 0 aliphatic carbocycles. The lowest BCUT2D eigenvalue weighted by Gasteiger charge is -2.27. The number of nitrogens with one attached hydrogen (secondary N) is 3. The topological polar surface area (TPSA) is 53.2 Å². The fraction of sp³-hybridized carbons (Fsp3) is 0.556. The highest BCUT2D eigenvalue weighted by molar-refractivity contribution is 7.80. The molecule has 0 fully saturated rings. The molecular formula is C18H26Cl3N3OS. The van der Waals surface area contributed by atoms with Crippen molar-refractivity contribution in [1.29, 1.82) is 0 Å². The fourth-order valence-corrected chi connectivity index (χ4v) is 2.91. The zero-order chi connectivity index (χ0) is 19.6. The number of unbranched alkanes of at least 4 members (excludes halogenated alkanes) is 4. The summed E-state index contributed by atoms with van der Waals surface area (Å²) < 4.78 is -1.74. The Hall–Kier alpha value is -0.750. The number of carbonyl (C=O) groups excluding carboxylic acids is 1. The van der Waals surface area contributed by atoms with Crippen LogP contribution < -0.4 is 16.0 Å². The number of anilines is 1. The molecule has 8 heteroatoms. The van der Waals surface area contributed by atoms with Crippen molar-refractivity contribution in [2.24, 2.45) is 0 Å². The minimum Gasteiger partial charge on any atom is -0.339 e. The average molecular weight is 439 g/mol. The second kappa shape index (κ2) is 11.9. The summed E-state index contributed by atoms with van der Waals surface area (Å²) in [6.45, 7) is 4.13. The summed E-state index contributed by atoms with van der Waals surface area (Å²) in [4.78, 5) is 12.1. The summed E-state index contributed by atoms with van der Waals surface area (Å²) in [6, 6.07) is 7.70. The maximum Gasteiger partial charge on any atom is 0.228 e. The van der Waals surface area contributed by atoms with Crippen LogP contribution in [-0.4, -0.2) is 21.0 Å². The molecule has 1 amide bonds. The van der Waals surface area contributed by atoms with E-state index in [4.69, 9.17) is 47.0 Å². The standard InChI is InChI=1S/C18H26Cl3N3OS/c1-3-4-5-6-7-11-15(25)23-16(18(19,20)21)24-17(26)22-14-10-8-9-13(2)12-14/h8-10,12,16H,3-7,11H2,1-2H3,(H,23,25)(H2,22,24,26)/t16-/m0/s1. The summed E-state index contributed by atoms with van der Waals surface area (Å²) in [5.41, 5.74) is 1.90. The molecule has 0 radical (unpaired) electrons. The quantitative estimate of drug-likeness (QED) is 0.207. The summed E-state index contributed by atoms with van der Waals surface area (Å²) in [7, 11) is 0. The molecule has 0 unspecified atom stereocenters. The predicted octanol–water partition coefficient (Wildman–Crippen LogP) is 5.45. The van der Waals surface area contributed by atoms with E-state index in [1.807, 2.05) is 31.2 Å². The molecule has 1 rings (SSSR count). The van der Waals surface area contributed by atoms with Crippen molar-refractivity contribution in [3.8, 4) is 0 Å². The maximum atomic E-state index is 12.1. The highest BCUT2D eigenvalue weighted by atomic mass is 35.6. The third-order valence-electron chi connectivity index (χ3n) is 3.69. The molecule has 3 N–H and O–H groups in total. The largest absolute Gasteiger partial charge is 0.339 e. The van der Waals surface area contributed by atoms with Crippen LogP contribution in [0.5, 0.6) is 0 Å². The molecule has 0 heterocycles. The number of alkyl halides is 3. The van der Waals surface area contributed by atoms with Crippen molar-refractivity contribution in [3.05, 3.63) is 29.8 Å². The number of benzene rings is 1. The molecule has 1 atom stereocenters. The molecule has 0 aliphatic heterocycles. The molecule has 0 bridgehead atoms. The van der Waals surface area contributed by atoms with Crippen molar-refractivity contribution in [1.82, 2.24) is 10.6 Å². The van der Waals surface area contributed by atoms with E-state index in [0.29, 0.717) is 6.42 Å². The molecule has 0 spiro atoms. The molecular weight excluding hydrogens is 413 g/mol. The average Bonchev–Trinajstić information content (AvgIpc) is 2.53. The molecule has 1 aromatic rings. The van der Waals surface area contributed by atoms with E-state index in [1.54, 1.807) is 0 Å². The van der Waals surface area contributed by atoms with Crippen LogP contribution in [-0.2, 0) is 4.79 Å². The zero-order valence-corrected chi connectivity index (χ0v) is 18.2. The van der Waals surface area contributed by atoms with Gasteiger partial charge in [0.05, 0.1) is 0 Å². The van der Waals surface area contributed by atoms with Crippen LogP contribution in [0.4, 0.5) is 5.69 Å². The molecule has 0 saturated heterocycles. The Morgan fingerprint density at radius 1 is 1.15 bits per heavy atom. The highest BCUT2D eigenvalue weighted by Gasteiger charge is 2.34. The van der Waals surface area contributed by atoms with Gasteiger partial charge >= 0.3 is 0 Å². The van der Waals surface area contributed by atoms with Gasteiger partial charge in [-0.1, -0.05) is 79.5 Å². The highest BCUT2D eigenvalue weighted by Crippen LogP contribution is 2.29. The summed E-state index contributed by atoms with van der Waals surface area (Å²) in [6.07, 6.45) is 4.75. The van der Waals surface area contributed by atoms with Crippen molar-refractivity contribution in [2.75, 3.05) is 5.32 Å². The molecule has 0 aliphatic rings. The number of amides is 1. The van der Waals surface area contributed by atoms with Crippen molar-refractivity contribution >= 4 is 63.7 Å². The Kier molecular flexibility index (Phi) is 10.6. The third kappa shape index (κ3) is 9.81. The fourth-order valence-electron chi connectivity index (χ4n) is 2.34. The minimum atomic E-state index is -1.74. The molecule has 0 saturated carbocycles. The number of hydrogen-bond acceptors (Lipinski definition) is 2. The Morgan fingerprint density at radius 2 is 1.85 bits per heavy atom. The van der Waals surface area contributed by atoms with E-state index >= 15 is 0 Å².